The fourth-order valence-electron chi connectivity index (χ4n) is 1.94. The SMILES string of the molecule is O=S(=O)(Cc1ccccc1)n1ccc2nc(Br)cnc21. The topological polar surface area (TPSA) is 64.8 Å². The lowest BCUT2D eigenvalue weighted by Gasteiger charge is -2.06. The Kier molecular flexibility index (Phi) is 3.31. The smallest absolute Gasteiger partial charge is 0.236 e. The number of aromatic nitrogens is 3. The minimum absolute atomic E-state index is 0.0740. The van der Waals surface area contributed by atoms with Crippen LogP contribution in [0.15, 0.2) is 53.4 Å². The molecule has 0 N–H and O–H groups in total. The molecule has 0 unspecified atom stereocenters. The van der Waals surface area contributed by atoms with Gasteiger partial charge < -0.3 is 0 Å². The molecule has 0 aliphatic carbocycles. The van der Waals surface area contributed by atoms with Crippen molar-refractivity contribution in [2.24, 2.45) is 0 Å². The minimum Gasteiger partial charge on any atom is -0.236 e. The summed E-state index contributed by atoms with van der Waals surface area (Å²) in [4.78, 5) is 8.31. The molecule has 0 bridgehead atoms. The average molecular weight is 352 g/mol. The monoisotopic (exact) mass is 351 g/mol. The minimum atomic E-state index is -3.51. The molecule has 0 amide bonds. The van der Waals surface area contributed by atoms with Gasteiger partial charge >= 0.3 is 0 Å². The quantitative estimate of drug-likeness (QED) is 0.727. The summed E-state index contributed by atoms with van der Waals surface area (Å²) in [6.07, 6.45) is 2.96. The van der Waals surface area contributed by atoms with Gasteiger partial charge in [0.1, 0.15) is 10.1 Å². The van der Waals surface area contributed by atoms with Gasteiger partial charge in [-0.05, 0) is 27.6 Å². The lowest BCUT2D eigenvalue weighted by atomic mass is 10.2. The molecular weight excluding hydrogens is 342 g/mol. The summed E-state index contributed by atoms with van der Waals surface area (Å²) in [5.41, 5.74) is 1.61. The first-order valence-corrected chi connectivity index (χ1v) is 8.23. The van der Waals surface area contributed by atoms with Gasteiger partial charge in [0.15, 0.2) is 5.65 Å². The van der Waals surface area contributed by atoms with Gasteiger partial charge in [0, 0.05) is 6.20 Å². The molecule has 0 fully saturated rings. The van der Waals surface area contributed by atoms with Crippen molar-refractivity contribution in [1.82, 2.24) is 13.9 Å². The van der Waals surface area contributed by atoms with E-state index < -0.39 is 10.0 Å². The summed E-state index contributed by atoms with van der Waals surface area (Å²) in [6, 6.07) is 10.7. The molecule has 0 aliphatic rings. The van der Waals surface area contributed by atoms with Gasteiger partial charge in [-0.1, -0.05) is 30.3 Å². The molecule has 0 aliphatic heterocycles. The Balaban J connectivity index is 2.06. The normalized spacial score (nSPS) is 11.8. The van der Waals surface area contributed by atoms with Crippen LogP contribution >= 0.6 is 15.9 Å². The average Bonchev–Trinajstić information content (AvgIpc) is 2.83. The zero-order valence-electron chi connectivity index (χ0n) is 10.3. The van der Waals surface area contributed by atoms with Gasteiger partial charge in [-0.25, -0.2) is 22.4 Å². The van der Waals surface area contributed by atoms with Gasteiger partial charge in [0.25, 0.3) is 0 Å². The first-order valence-electron chi connectivity index (χ1n) is 5.83. The van der Waals surface area contributed by atoms with E-state index in [9.17, 15) is 8.42 Å². The van der Waals surface area contributed by atoms with Crippen molar-refractivity contribution in [2.45, 2.75) is 5.75 Å². The van der Waals surface area contributed by atoms with Crippen LogP contribution in [0.2, 0.25) is 0 Å². The van der Waals surface area contributed by atoms with Crippen molar-refractivity contribution in [2.75, 3.05) is 0 Å². The molecule has 0 atom stereocenters. The van der Waals surface area contributed by atoms with Crippen molar-refractivity contribution < 1.29 is 8.42 Å². The first kappa shape index (κ1) is 13.3. The molecule has 0 saturated carbocycles. The van der Waals surface area contributed by atoms with Gasteiger partial charge in [-0.3, -0.25) is 0 Å². The molecule has 5 nitrogen and oxygen atoms in total. The van der Waals surface area contributed by atoms with Crippen LogP contribution in [0.3, 0.4) is 0 Å². The number of hydrogen-bond donors (Lipinski definition) is 0. The molecule has 0 saturated heterocycles. The van der Waals surface area contributed by atoms with Gasteiger partial charge in [-0.2, -0.15) is 0 Å². The maximum absolute atomic E-state index is 12.4. The predicted molar refractivity (Wildman–Crippen MR) is 79.7 cm³/mol. The molecule has 7 heteroatoms. The largest absolute Gasteiger partial charge is 0.244 e. The van der Waals surface area contributed by atoms with E-state index in [1.54, 1.807) is 18.2 Å². The highest BCUT2D eigenvalue weighted by Crippen LogP contribution is 2.18. The number of benzene rings is 1. The number of nitrogens with zero attached hydrogens (tertiary/aromatic N) is 3. The zero-order valence-corrected chi connectivity index (χ0v) is 12.7. The summed E-state index contributed by atoms with van der Waals surface area (Å²) >= 11 is 3.21. The Morgan fingerprint density at radius 1 is 1.15 bits per heavy atom. The first-order chi connectivity index (χ1) is 9.56. The molecule has 2 aromatic heterocycles. The number of fused-ring (bicyclic) bond motifs is 1. The van der Waals surface area contributed by atoms with Crippen molar-refractivity contribution in [3.8, 4) is 0 Å². The third-order valence-electron chi connectivity index (χ3n) is 2.82. The Morgan fingerprint density at radius 2 is 1.90 bits per heavy atom. The molecule has 20 heavy (non-hydrogen) atoms. The molecular formula is C13H10BrN3O2S. The molecule has 102 valence electrons. The summed E-state index contributed by atoms with van der Waals surface area (Å²) < 4.78 is 26.6. The second-order valence-electron chi connectivity index (χ2n) is 4.25. The number of rotatable bonds is 3. The van der Waals surface area contributed by atoms with Crippen LogP contribution in [0.5, 0.6) is 0 Å². The predicted octanol–water partition coefficient (Wildman–Crippen LogP) is 2.57. The number of halogens is 1. The summed E-state index contributed by atoms with van der Waals surface area (Å²) in [5, 5.41) is 0. The Bertz CT molecular complexity index is 860. The van der Waals surface area contributed by atoms with E-state index in [0.29, 0.717) is 15.8 Å². The molecule has 3 rings (SSSR count). The van der Waals surface area contributed by atoms with E-state index in [0.717, 1.165) is 5.56 Å². The highest BCUT2D eigenvalue weighted by molar-refractivity contribution is 9.10. The van der Waals surface area contributed by atoms with Gasteiger partial charge in [0.05, 0.1) is 11.9 Å². The Hall–Kier alpha value is -1.73. The van der Waals surface area contributed by atoms with Crippen LogP contribution in [0.4, 0.5) is 0 Å². The maximum Gasteiger partial charge on any atom is 0.244 e. The standard InChI is InChI=1S/C13H10BrN3O2S/c14-12-8-15-13-11(16-12)6-7-17(13)20(18,19)9-10-4-2-1-3-5-10/h1-8H,9H2. The van der Waals surface area contributed by atoms with E-state index in [2.05, 4.69) is 25.9 Å². The lowest BCUT2D eigenvalue weighted by molar-refractivity contribution is 0.588. The van der Waals surface area contributed by atoms with Crippen molar-refractivity contribution in [3.05, 3.63) is 59.0 Å². The van der Waals surface area contributed by atoms with E-state index in [1.807, 2.05) is 18.2 Å². The second kappa shape index (κ2) is 4.99. The third kappa shape index (κ3) is 2.46. The van der Waals surface area contributed by atoms with Crippen LogP contribution in [-0.2, 0) is 15.8 Å². The van der Waals surface area contributed by atoms with E-state index in [1.165, 1.54) is 16.4 Å². The highest BCUT2D eigenvalue weighted by Gasteiger charge is 2.18. The molecule has 0 radical (unpaired) electrons. The lowest BCUT2D eigenvalue weighted by Crippen LogP contribution is -2.14. The van der Waals surface area contributed by atoms with E-state index >= 15 is 0 Å². The summed E-state index contributed by atoms with van der Waals surface area (Å²) in [7, 11) is -3.51. The van der Waals surface area contributed by atoms with Crippen LogP contribution in [0, 0.1) is 0 Å². The van der Waals surface area contributed by atoms with Gasteiger partial charge in [-0.15, -0.1) is 0 Å². The van der Waals surface area contributed by atoms with Crippen LogP contribution in [0.25, 0.3) is 11.2 Å². The number of hydrogen-bond acceptors (Lipinski definition) is 4. The maximum atomic E-state index is 12.4. The van der Waals surface area contributed by atoms with E-state index in [-0.39, 0.29) is 5.75 Å². The fraction of sp³-hybridized carbons (Fsp3) is 0.0769. The Labute approximate surface area is 124 Å². The third-order valence-corrected chi connectivity index (χ3v) is 4.79. The van der Waals surface area contributed by atoms with Crippen molar-refractivity contribution >= 4 is 37.1 Å². The van der Waals surface area contributed by atoms with Crippen LogP contribution in [-0.4, -0.2) is 22.4 Å². The van der Waals surface area contributed by atoms with Gasteiger partial charge in [0.2, 0.25) is 10.0 Å². The summed E-state index contributed by atoms with van der Waals surface area (Å²) in [6.45, 7) is 0. The second-order valence-corrected chi connectivity index (χ2v) is 6.91. The van der Waals surface area contributed by atoms with Crippen molar-refractivity contribution in [3.63, 3.8) is 0 Å². The Morgan fingerprint density at radius 3 is 2.65 bits per heavy atom. The van der Waals surface area contributed by atoms with Crippen LogP contribution < -0.4 is 0 Å². The highest BCUT2D eigenvalue weighted by atomic mass is 79.9. The van der Waals surface area contributed by atoms with Crippen molar-refractivity contribution in [1.29, 1.82) is 0 Å². The molecule has 3 aromatic rings. The molecule has 0 spiro atoms. The fourth-order valence-corrected chi connectivity index (χ4v) is 3.64. The molecule has 1 aromatic carbocycles. The zero-order chi connectivity index (χ0) is 14.2. The van der Waals surface area contributed by atoms with Crippen LogP contribution in [0.1, 0.15) is 5.56 Å². The molecule has 2 heterocycles. The summed E-state index contributed by atoms with van der Waals surface area (Å²) in [5.74, 6) is -0.0740. The van der Waals surface area contributed by atoms with E-state index in [4.69, 9.17) is 0 Å².